The van der Waals surface area contributed by atoms with Crippen LogP contribution in [0.4, 0.5) is 0 Å². The molecule has 1 saturated heterocycles. The Bertz CT molecular complexity index is 714. The maximum absolute atomic E-state index is 12.6. The average molecular weight is 374 g/mol. The summed E-state index contributed by atoms with van der Waals surface area (Å²) in [4.78, 5) is 0.260. The zero-order valence-electron chi connectivity index (χ0n) is 14.1. The lowest BCUT2D eigenvalue weighted by Gasteiger charge is -2.31. The average Bonchev–Trinajstić information content (AvgIpc) is 2.92. The quantitative estimate of drug-likeness (QED) is 0.879. The Labute approximate surface area is 148 Å². The molecule has 1 aliphatic heterocycles. The van der Waals surface area contributed by atoms with Gasteiger partial charge in [0.2, 0.25) is 10.0 Å². The second-order valence-corrected chi connectivity index (χ2v) is 8.88. The van der Waals surface area contributed by atoms with Crippen LogP contribution in [0, 0.1) is 13.8 Å². The largest absolute Gasteiger partial charge is 0.347 e. The minimum absolute atomic E-state index is 0.213. The Morgan fingerprint density at radius 1 is 1.21 bits per heavy atom. The Morgan fingerprint density at radius 3 is 2.62 bits per heavy atom. The molecule has 5 nitrogen and oxygen atoms in total. The number of rotatable bonds is 4. The lowest BCUT2D eigenvalue weighted by atomic mass is 9.94. The number of aryl methyl sites for hydroxylation is 2. The molecule has 2 fully saturated rings. The van der Waals surface area contributed by atoms with E-state index in [0.717, 1.165) is 31.2 Å². The fourth-order valence-corrected chi connectivity index (χ4v) is 4.99. The van der Waals surface area contributed by atoms with Gasteiger partial charge < -0.3 is 9.47 Å². The van der Waals surface area contributed by atoms with Gasteiger partial charge in [-0.3, -0.25) is 0 Å². The Kier molecular flexibility index (Phi) is 5.23. The fraction of sp³-hybridized carbons (Fsp3) is 0.647. The van der Waals surface area contributed by atoms with Crippen LogP contribution in [-0.2, 0) is 19.5 Å². The van der Waals surface area contributed by atoms with E-state index in [1.165, 1.54) is 6.42 Å². The normalized spacial score (nSPS) is 23.7. The third-order valence-electron chi connectivity index (χ3n) is 4.78. The molecule has 1 aromatic rings. The van der Waals surface area contributed by atoms with Gasteiger partial charge in [-0.2, -0.15) is 0 Å². The van der Waals surface area contributed by atoms with Gasteiger partial charge in [0.05, 0.1) is 17.6 Å². The number of halogens is 1. The van der Waals surface area contributed by atoms with Crippen molar-refractivity contribution >= 4 is 21.6 Å². The molecule has 24 heavy (non-hydrogen) atoms. The number of benzene rings is 1. The molecule has 0 amide bonds. The molecule has 1 aliphatic carbocycles. The summed E-state index contributed by atoms with van der Waals surface area (Å²) in [5.74, 6) is -0.485. The molecule has 2 aliphatic rings. The molecule has 0 radical (unpaired) electrons. The van der Waals surface area contributed by atoms with Gasteiger partial charge in [0.25, 0.3) is 0 Å². The molecule has 0 unspecified atom stereocenters. The summed E-state index contributed by atoms with van der Waals surface area (Å²) >= 11 is 6.05. The van der Waals surface area contributed by atoms with Crippen molar-refractivity contribution in [1.82, 2.24) is 4.72 Å². The maximum Gasteiger partial charge on any atom is 0.240 e. The van der Waals surface area contributed by atoms with Crippen molar-refractivity contribution in [3.8, 4) is 0 Å². The monoisotopic (exact) mass is 373 g/mol. The van der Waals surface area contributed by atoms with Crippen LogP contribution < -0.4 is 4.72 Å². The number of hydrogen-bond donors (Lipinski definition) is 1. The van der Waals surface area contributed by atoms with Gasteiger partial charge in [0.1, 0.15) is 0 Å². The molecule has 1 N–H and O–H groups in total. The number of nitrogens with one attached hydrogen (secondary N) is 1. The molecule has 1 spiro atoms. The van der Waals surface area contributed by atoms with Crippen molar-refractivity contribution in [3.63, 3.8) is 0 Å². The first-order valence-corrected chi connectivity index (χ1v) is 10.3. The third kappa shape index (κ3) is 3.78. The first-order chi connectivity index (χ1) is 11.3. The highest BCUT2D eigenvalue weighted by Crippen LogP contribution is 2.37. The lowest BCUT2D eigenvalue weighted by molar-refractivity contribution is -0.186. The molecule has 1 atom stereocenters. The van der Waals surface area contributed by atoms with E-state index < -0.39 is 15.8 Å². The zero-order valence-corrected chi connectivity index (χ0v) is 15.7. The molecule has 1 heterocycles. The van der Waals surface area contributed by atoms with Crippen molar-refractivity contribution in [2.45, 2.75) is 62.7 Å². The number of hydrogen-bond acceptors (Lipinski definition) is 4. The summed E-state index contributed by atoms with van der Waals surface area (Å²) in [6.07, 6.45) is 4.95. The third-order valence-corrected chi connectivity index (χ3v) is 6.75. The zero-order chi connectivity index (χ0) is 17.4. The van der Waals surface area contributed by atoms with E-state index in [-0.39, 0.29) is 17.5 Å². The number of sulfonamides is 1. The maximum atomic E-state index is 12.6. The van der Waals surface area contributed by atoms with E-state index in [0.29, 0.717) is 17.2 Å². The Hall–Kier alpha value is -0.660. The molecule has 0 aromatic heterocycles. The van der Waals surface area contributed by atoms with Gasteiger partial charge in [-0.15, -0.1) is 0 Å². The van der Waals surface area contributed by atoms with E-state index >= 15 is 0 Å². The van der Waals surface area contributed by atoms with Crippen LogP contribution >= 0.6 is 11.6 Å². The van der Waals surface area contributed by atoms with Crippen LogP contribution in [0.15, 0.2) is 17.0 Å². The van der Waals surface area contributed by atoms with Gasteiger partial charge in [0.15, 0.2) is 5.79 Å². The SMILES string of the molecule is Cc1cc(S(=O)(=O)NC[C@H]2COC3(CCCCC3)O2)c(C)cc1Cl. The van der Waals surface area contributed by atoms with E-state index in [4.69, 9.17) is 21.1 Å². The van der Waals surface area contributed by atoms with E-state index in [1.807, 2.05) is 0 Å². The highest BCUT2D eigenvalue weighted by atomic mass is 35.5. The topological polar surface area (TPSA) is 64.6 Å². The standard InChI is InChI=1S/C17H24ClNO4S/c1-12-9-16(13(2)8-15(12)18)24(20,21)19-10-14-11-22-17(23-14)6-4-3-5-7-17/h8-9,14,19H,3-7,10-11H2,1-2H3/t14-/m0/s1. The van der Waals surface area contributed by atoms with E-state index in [1.54, 1.807) is 26.0 Å². The molecule has 0 bridgehead atoms. The summed E-state index contributed by atoms with van der Waals surface area (Å²) in [6.45, 7) is 4.18. The van der Waals surface area contributed by atoms with Gasteiger partial charge >= 0.3 is 0 Å². The van der Waals surface area contributed by atoms with E-state index in [2.05, 4.69) is 4.72 Å². The molecule has 3 rings (SSSR count). The van der Waals surface area contributed by atoms with Crippen LogP contribution in [0.25, 0.3) is 0 Å². The smallest absolute Gasteiger partial charge is 0.240 e. The first-order valence-electron chi connectivity index (χ1n) is 8.40. The van der Waals surface area contributed by atoms with Gasteiger partial charge in [-0.05, 0) is 49.9 Å². The van der Waals surface area contributed by atoms with Crippen molar-refractivity contribution in [2.24, 2.45) is 0 Å². The van der Waals surface area contributed by atoms with Gasteiger partial charge in [0, 0.05) is 24.4 Å². The minimum Gasteiger partial charge on any atom is -0.347 e. The van der Waals surface area contributed by atoms with E-state index in [9.17, 15) is 8.42 Å². The van der Waals surface area contributed by atoms with Crippen molar-refractivity contribution in [1.29, 1.82) is 0 Å². The number of ether oxygens (including phenoxy) is 2. The van der Waals surface area contributed by atoms with Crippen LogP contribution in [0.2, 0.25) is 5.02 Å². The molecule has 7 heteroatoms. The minimum atomic E-state index is -3.60. The molecular weight excluding hydrogens is 350 g/mol. The van der Waals surface area contributed by atoms with Crippen molar-refractivity contribution < 1.29 is 17.9 Å². The molecule has 134 valence electrons. The van der Waals surface area contributed by atoms with Gasteiger partial charge in [-0.25, -0.2) is 13.1 Å². The fourth-order valence-electron chi connectivity index (χ4n) is 3.39. The van der Waals surface area contributed by atoms with Crippen LogP contribution in [0.1, 0.15) is 43.2 Å². The van der Waals surface area contributed by atoms with Crippen molar-refractivity contribution in [3.05, 3.63) is 28.3 Å². The highest BCUT2D eigenvalue weighted by Gasteiger charge is 2.42. The first kappa shape index (κ1) is 18.1. The lowest BCUT2D eigenvalue weighted by Crippen LogP contribution is -2.37. The molecule has 1 saturated carbocycles. The van der Waals surface area contributed by atoms with Gasteiger partial charge in [-0.1, -0.05) is 18.0 Å². The molecular formula is C17H24ClNO4S. The Morgan fingerprint density at radius 2 is 1.92 bits per heavy atom. The second kappa shape index (κ2) is 6.92. The van der Waals surface area contributed by atoms with Crippen molar-refractivity contribution in [2.75, 3.05) is 13.2 Å². The Balaban J connectivity index is 1.65. The highest BCUT2D eigenvalue weighted by molar-refractivity contribution is 7.89. The predicted octanol–water partition coefficient (Wildman–Crippen LogP) is 3.31. The summed E-state index contributed by atoms with van der Waals surface area (Å²) < 4.78 is 39.7. The summed E-state index contributed by atoms with van der Waals surface area (Å²) in [6, 6.07) is 3.28. The molecule has 1 aromatic carbocycles. The van der Waals surface area contributed by atoms with Crippen LogP contribution in [-0.4, -0.2) is 33.5 Å². The van der Waals surface area contributed by atoms with Crippen LogP contribution in [0.3, 0.4) is 0 Å². The summed E-state index contributed by atoms with van der Waals surface area (Å²) in [5, 5.41) is 0.568. The summed E-state index contributed by atoms with van der Waals surface area (Å²) in [5.41, 5.74) is 1.37. The van der Waals surface area contributed by atoms with Crippen LogP contribution in [0.5, 0.6) is 0 Å². The second-order valence-electron chi connectivity index (χ2n) is 6.74. The predicted molar refractivity (Wildman–Crippen MR) is 92.8 cm³/mol. The summed E-state index contributed by atoms with van der Waals surface area (Å²) in [7, 11) is -3.60.